The Morgan fingerprint density at radius 1 is 1.50 bits per heavy atom. The number of hydrogen-bond acceptors (Lipinski definition) is 2. The molecule has 1 fully saturated rings. The molecule has 0 saturated carbocycles. The van der Waals surface area contributed by atoms with E-state index < -0.39 is 0 Å². The number of likely N-dealkylation sites (tertiary alicyclic amines) is 1. The maximum Gasteiger partial charge on any atom is 0.179 e. The lowest BCUT2D eigenvalue weighted by molar-refractivity contribution is 0.0765. The lowest BCUT2D eigenvalue weighted by Crippen LogP contribution is -2.44. The Balaban J connectivity index is 2.08. The highest BCUT2D eigenvalue weighted by Crippen LogP contribution is 2.20. The fraction of sp³-hybridized carbons (Fsp3) is 0.533. The van der Waals surface area contributed by atoms with Gasteiger partial charge in [-0.1, -0.05) is 30.7 Å². The topological polar surface area (TPSA) is 20.3 Å². The van der Waals surface area contributed by atoms with Crippen LogP contribution in [0.15, 0.2) is 24.3 Å². The van der Waals surface area contributed by atoms with Crippen LogP contribution in [0.4, 0.5) is 0 Å². The molecule has 0 spiro atoms. The van der Waals surface area contributed by atoms with E-state index in [1.165, 1.54) is 12.8 Å². The van der Waals surface area contributed by atoms with Crippen molar-refractivity contribution in [2.45, 2.75) is 32.7 Å². The fourth-order valence-electron chi connectivity index (χ4n) is 2.63. The van der Waals surface area contributed by atoms with Crippen LogP contribution < -0.4 is 0 Å². The third-order valence-corrected chi connectivity index (χ3v) is 3.96. The molecule has 1 aliphatic rings. The summed E-state index contributed by atoms with van der Waals surface area (Å²) in [6.45, 7) is 6.30. The number of halogens is 1. The van der Waals surface area contributed by atoms with Crippen molar-refractivity contribution in [3.05, 3.63) is 34.9 Å². The van der Waals surface area contributed by atoms with Crippen LogP contribution in [0.3, 0.4) is 0 Å². The van der Waals surface area contributed by atoms with E-state index in [4.69, 9.17) is 11.6 Å². The van der Waals surface area contributed by atoms with E-state index in [1.54, 1.807) is 12.1 Å². The smallest absolute Gasteiger partial charge is 0.179 e. The zero-order chi connectivity index (χ0) is 13.1. The van der Waals surface area contributed by atoms with Crippen LogP contribution in [0.25, 0.3) is 0 Å². The van der Waals surface area contributed by atoms with Gasteiger partial charge in [0.1, 0.15) is 0 Å². The first-order valence-electron chi connectivity index (χ1n) is 6.62. The Labute approximate surface area is 114 Å². The maximum absolute atomic E-state index is 12.4. The number of benzene rings is 1. The number of carbonyl (C=O) groups is 1. The van der Waals surface area contributed by atoms with Crippen molar-refractivity contribution >= 4 is 17.4 Å². The minimum Gasteiger partial charge on any atom is -0.293 e. The summed E-state index contributed by atoms with van der Waals surface area (Å²) in [5.74, 6) is 0.861. The molecule has 0 bridgehead atoms. The molecule has 1 aliphatic heterocycles. The number of ketones is 1. The molecule has 0 N–H and O–H groups in total. The second-order valence-electron chi connectivity index (χ2n) is 5.29. The molecule has 3 heteroatoms. The van der Waals surface area contributed by atoms with E-state index in [0.717, 1.165) is 13.1 Å². The van der Waals surface area contributed by atoms with Gasteiger partial charge in [0.25, 0.3) is 0 Å². The van der Waals surface area contributed by atoms with Gasteiger partial charge in [-0.05, 0) is 44.4 Å². The first kappa shape index (κ1) is 13.6. The van der Waals surface area contributed by atoms with Crippen molar-refractivity contribution in [1.82, 2.24) is 4.90 Å². The van der Waals surface area contributed by atoms with E-state index in [-0.39, 0.29) is 11.8 Å². The van der Waals surface area contributed by atoms with Crippen molar-refractivity contribution < 1.29 is 4.79 Å². The molecule has 0 aliphatic carbocycles. The summed E-state index contributed by atoms with van der Waals surface area (Å²) in [4.78, 5) is 14.7. The monoisotopic (exact) mass is 265 g/mol. The summed E-state index contributed by atoms with van der Waals surface area (Å²) in [5, 5.41) is 0.625. The Morgan fingerprint density at radius 3 is 2.94 bits per heavy atom. The molecule has 2 nitrogen and oxygen atoms in total. The van der Waals surface area contributed by atoms with Gasteiger partial charge in [0.15, 0.2) is 5.78 Å². The highest BCUT2D eigenvalue weighted by Gasteiger charge is 2.26. The SMILES string of the molecule is CC1CCCN(C(C)C(=O)c2cccc(Cl)c2)C1. The average molecular weight is 266 g/mol. The quantitative estimate of drug-likeness (QED) is 0.778. The van der Waals surface area contributed by atoms with Crippen molar-refractivity contribution in [3.8, 4) is 0 Å². The van der Waals surface area contributed by atoms with Gasteiger partial charge in [-0.25, -0.2) is 0 Å². The summed E-state index contributed by atoms with van der Waals surface area (Å²) in [6.07, 6.45) is 2.46. The van der Waals surface area contributed by atoms with Crippen LogP contribution >= 0.6 is 11.6 Å². The molecular weight excluding hydrogens is 246 g/mol. The van der Waals surface area contributed by atoms with Gasteiger partial charge in [0, 0.05) is 17.1 Å². The molecular formula is C15H20ClNO. The third kappa shape index (κ3) is 3.12. The van der Waals surface area contributed by atoms with Gasteiger partial charge in [-0.2, -0.15) is 0 Å². The number of hydrogen-bond donors (Lipinski definition) is 0. The highest BCUT2D eigenvalue weighted by molar-refractivity contribution is 6.31. The number of rotatable bonds is 3. The number of piperidine rings is 1. The van der Waals surface area contributed by atoms with Crippen LogP contribution in [0.2, 0.25) is 5.02 Å². The number of carbonyl (C=O) groups excluding carboxylic acids is 1. The second-order valence-corrected chi connectivity index (χ2v) is 5.73. The minimum absolute atomic E-state index is 0.0498. The molecule has 2 rings (SSSR count). The molecule has 1 aromatic rings. The summed E-state index contributed by atoms with van der Waals surface area (Å²) in [5.41, 5.74) is 0.716. The fourth-order valence-corrected chi connectivity index (χ4v) is 2.82. The first-order valence-corrected chi connectivity index (χ1v) is 6.99. The molecule has 0 amide bonds. The predicted octanol–water partition coefficient (Wildman–Crippen LogP) is 3.64. The summed E-state index contributed by atoms with van der Waals surface area (Å²) in [6, 6.07) is 7.19. The highest BCUT2D eigenvalue weighted by atomic mass is 35.5. The molecule has 1 aromatic carbocycles. The van der Waals surface area contributed by atoms with Crippen molar-refractivity contribution in [3.63, 3.8) is 0 Å². The second kappa shape index (κ2) is 5.85. The summed E-state index contributed by atoms with van der Waals surface area (Å²) >= 11 is 5.94. The molecule has 2 unspecified atom stereocenters. The Hall–Kier alpha value is -0.860. The minimum atomic E-state index is -0.0498. The van der Waals surface area contributed by atoms with Gasteiger partial charge in [0.05, 0.1) is 6.04 Å². The lowest BCUT2D eigenvalue weighted by atomic mass is 9.96. The molecule has 1 saturated heterocycles. The third-order valence-electron chi connectivity index (χ3n) is 3.72. The van der Waals surface area contributed by atoms with Gasteiger partial charge in [-0.3, -0.25) is 9.69 Å². The number of Topliss-reactive ketones (excluding diaryl/α,β-unsaturated/α-hetero) is 1. The van der Waals surface area contributed by atoms with Crippen molar-refractivity contribution in [2.75, 3.05) is 13.1 Å². The molecule has 1 heterocycles. The van der Waals surface area contributed by atoms with E-state index in [1.807, 2.05) is 19.1 Å². The van der Waals surface area contributed by atoms with E-state index in [0.29, 0.717) is 16.5 Å². The predicted molar refractivity (Wildman–Crippen MR) is 75.2 cm³/mol. The molecule has 2 atom stereocenters. The zero-order valence-corrected chi connectivity index (χ0v) is 11.8. The van der Waals surface area contributed by atoms with E-state index in [2.05, 4.69) is 11.8 Å². The largest absolute Gasteiger partial charge is 0.293 e. The molecule has 0 aromatic heterocycles. The zero-order valence-electron chi connectivity index (χ0n) is 11.0. The standard InChI is InChI=1S/C15H20ClNO/c1-11-5-4-8-17(10-11)12(2)15(18)13-6-3-7-14(16)9-13/h3,6-7,9,11-12H,4-5,8,10H2,1-2H3. The normalized spacial score (nSPS) is 22.7. The van der Waals surface area contributed by atoms with Gasteiger partial charge in [0.2, 0.25) is 0 Å². The van der Waals surface area contributed by atoms with E-state index in [9.17, 15) is 4.79 Å². The first-order chi connectivity index (χ1) is 8.58. The van der Waals surface area contributed by atoms with Crippen LogP contribution in [-0.4, -0.2) is 29.8 Å². The summed E-state index contributed by atoms with van der Waals surface area (Å²) in [7, 11) is 0. The lowest BCUT2D eigenvalue weighted by Gasteiger charge is -2.34. The maximum atomic E-state index is 12.4. The molecule has 0 radical (unpaired) electrons. The number of nitrogens with zero attached hydrogens (tertiary/aromatic N) is 1. The van der Waals surface area contributed by atoms with Crippen molar-refractivity contribution in [2.24, 2.45) is 5.92 Å². The Bertz CT molecular complexity index is 432. The molecule has 18 heavy (non-hydrogen) atoms. The van der Waals surface area contributed by atoms with Crippen LogP contribution in [0.5, 0.6) is 0 Å². The van der Waals surface area contributed by atoms with Crippen LogP contribution in [-0.2, 0) is 0 Å². The average Bonchev–Trinajstić information content (AvgIpc) is 2.37. The van der Waals surface area contributed by atoms with Gasteiger partial charge >= 0.3 is 0 Å². The molecule has 98 valence electrons. The van der Waals surface area contributed by atoms with E-state index >= 15 is 0 Å². The van der Waals surface area contributed by atoms with Crippen LogP contribution in [0.1, 0.15) is 37.0 Å². The Kier molecular flexibility index (Phi) is 4.41. The van der Waals surface area contributed by atoms with Gasteiger partial charge in [-0.15, -0.1) is 0 Å². The van der Waals surface area contributed by atoms with Crippen LogP contribution in [0, 0.1) is 5.92 Å². The van der Waals surface area contributed by atoms with Crippen molar-refractivity contribution in [1.29, 1.82) is 0 Å². The Morgan fingerprint density at radius 2 is 2.28 bits per heavy atom. The summed E-state index contributed by atoms with van der Waals surface area (Å²) < 4.78 is 0. The van der Waals surface area contributed by atoms with Gasteiger partial charge < -0.3 is 0 Å².